The number of anilines is 1. The Morgan fingerprint density at radius 1 is 1.08 bits per heavy atom. The number of nitrogens with one attached hydrogen (secondary N) is 1. The number of nitrogens with zero attached hydrogens (tertiary/aromatic N) is 2. The lowest BCUT2D eigenvalue weighted by molar-refractivity contribution is -0.113. The second-order valence-electron chi connectivity index (χ2n) is 5.35. The molecule has 0 atom stereocenters. The van der Waals surface area contributed by atoms with Crippen LogP contribution in [0.4, 0.5) is 5.69 Å². The minimum Gasteiger partial charge on any atom is -0.411 e. The van der Waals surface area contributed by atoms with Crippen molar-refractivity contribution in [1.82, 2.24) is 10.2 Å². The molecule has 132 valence electrons. The van der Waals surface area contributed by atoms with Gasteiger partial charge in [0.15, 0.2) is 5.78 Å². The highest BCUT2D eigenvalue weighted by atomic mass is 127. The van der Waals surface area contributed by atoms with Gasteiger partial charge in [-0.25, -0.2) is 0 Å². The van der Waals surface area contributed by atoms with E-state index in [2.05, 4.69) is 38.1 Å². The predicted molar refractivity (Wildman–Crippen MR) is 108 cm³/mol. The third-order valence-corrected chi connectivity index (χ3v) is 4.94. The second-order valence-corrected chi connectivity index (χ2v) is 7.52. The maximum absolute atomic E-state index is 12.0. The number of thioether (sulfide) groups is 1. The molecule has 0 aliphatic carbocycles. The first kappa shape index (κ1) is 18.6. The summed E-state index contributed by atoms with van der Waals surface area (Å²) in [6, 6.07) is 14.5. The molecule has 8 heteroatoms. The molecule has 1 N–H and O–H groups in total. The van der Waals surface area contributed by atoms with Gasteiger partial charge in [-0.05, 0) is 78.0 Å². The molecule has 0 spiro atoms. The third kappa shape index (κ3) is 4.92. The van der Waals surface area contributed by atoms with Crippen molar-refractivity contribution < 1.29 is 14.0 Å². The normalized spacial score (nSPS) is 10.5. The van der Waals surface area contributed by atoms with E-state index in [4.69, 9.17) is 4.42 Å². The molecule has 0 fully saturated rings. The summed E-state index contributed by atoms with van der Waals surface area (Å²) in [5.74, 6) is 0.352. The number of aromatic nitrogens is 2. The summed E-state index contributed by atoms with van der Waals surface area (Å²) in [5.41, 5.74) is 2.07. The van der Waals surface area contributed by atoms with Crippen LogP contribution in [0, 0.1) is 3.57 Å². The smallest absolute Gasteiger partial charge is 0.277 e. The van der Waals surface area contributed by atoms with Crippen LogP contribution in [0.2, 0.25) is 0 Å². The van der Waals surface area contributed by atoms with E-state index >= 15 is 0 Å². The molecule has 0 unspecified atom stereocenters. The van der Waals surface area contributed by atoms with Crippen molar-refractivity contribution in [3.05, 3.63) is 57.7 Å². The third-order valence-electron chi connectivity index (χ3n) is 3.40. The first-order chi connectivity index (χ1) is 12.5. The average molecular weight is 479 g/mol. The van der Waals surface area contributed by atoms with Gasteiger partial charge in [0.1, 0.15) is 0 Å². The summed E-state index contributed by atoms with van der Waals surface area (Å²) in [7, 11) is 0. The summed E-state index contributed by atoms with van der Waals surface area (Å²) < 4.78 is 6.69. The predicted octanol–water partition coefficient (Wildman–Crippen LogP) is 4.27. The summed E-state index contributed by atoms with van der Waals surface area (Å²) in [5, 5.41) is 11.0. The first-order valence-electron chi connectivity index (χ1n) is 7.64. The Morgan fingerprint density at radius 2 is 1.77 bits per heavy atom. The number of hydrogen-bond acceptors (Lipinski definition) is 6. The quantitative estimate of drug-likeness (QED) is 0.323. The van der Waals surface area contributed by atoms with Crippen LogP contribution in [0.15, 0.2) is 58.2 Å². The van der Waals surface area contributed by atoms with E-state index in [1.165, 1.54) is 18.7 Å². The zero-order valence-corrected chi connectivity index (χ0v) is 16.7. The molecule has 1 amide bonds. The molecule has 0 radical (unpaired) electrons. The molecular weight excluding hydrogens is 465 g/mol. The van der Waals surface area contributed by atoms with Crippen LogP contribution < -0.4 is 5.32 Å². The fourth-order valence-corrected chi connectivity index (χ4v) is 3.01. The number of hydrogen-bond donors (Lipinski definition) is 1. The van der Waals surface area contributed by atoms with E-state index in [0.29, 0.717) is 22.4 Å². The van der Waals surface area contributed by atoms with Crippen LogP contribution in [-0.2, 0) is 4.79 Å². The number of Topliss-reactive ketones (excluding diaryl/α,β-unsaturated/α-hetero) is 1. The Morgan fingerprint density at radius 3 is 2.42 bits per heavy atom. The lowest BCUT2D eigenvalue weighted by Gasteiger charge is -2.04. The molecule has 6 nitrogen and oxygen atoms in total. The lowest BCUT2D eigenvalue weighted by atomic mass is 10.1. The largest absolute Gasteiger partial charge is 0.411 e. The highest BCUT2D eigenvalue weighted by Crippen LogP contribution is 2.24. The zero-order chi connectivity index (χ0) is 18.5. The van der Waals surface area contributed by atoms with Crippen LogP contribution in [0.25, 0.3) is 11.5 Å². The molecule has 1 heterocycles. The van der Waals surface area contributed by atoms with Crippen molar-refractivity contribution in [3.63, 3.8) is 0 Å². The summed E-state index contributed by atoms with van der Waals surface area (Å²) in [6.45, 7) is 1.50. The number of benzene rings is 2. The van der Waals surface area contributed by atoms with E-state index in [-0.39, 0.29) is 17.4 Å². The summed E-state index contributed by atoms with van der Waals surface area (Å²) in [6.07, 6.45) is 0. The van der Waals surface area contributed by atoms with Gasteiger partial charge in [0.25, 0.3) is 5.22 Å². The number of halogens is 1. The zero-order valence-electron chi connectivity index (χ0n) is 13.7. The Balaban J connectivity index is 1.54. The van der Waals surface area contributed by atoms with Gasteiger partial charge in [0.05, 0.1) is 5.75 Å². The summed E-state index contributed by atoms with van der Waals surface area (Å²) >= 11 is 3.39. The molecule has 0 saturated carbocycles. The van der Waals surface area contributed by atoms with E-state index in [9.17, 15) is 9.59 Å². The fraction of sp³-hybridized carbons (Fsp3) is 0.111. The van der Waals surface area contributed by atoms with Gasteiger partial charge in [-0.3, -0.25) is 9.59 Å². The van der Waals surface area contributed by atoms with Gasteiger partial charge in [0, 0.05) is 20.4 Å². The van der Waals surface area contributed by atoms with Crippen molar-refractivity contribution >= 4 is 51.7 Å². The second kappa shape index (κ2) is 8.45. The minimum absolute atomic E-state index is 0.0150. The van der Waals surface area contributed by atoms with Gasteiger partial charge < -0.3 is 9.73 Å². The molecule has 0 saturated heterocycles. The lowest BCUT2D eigenvalue weighted by Crippen LogP contribution is -2.14. The van der Waals surface area contributed by atoms with Gasteiger partial charge in [0.2, 0.25) is 11.8 Å². The Hall–Kier alpha value is -2.20. The first-order valence-corrected chi connectivity index (χ1v) is 9.71. The number of ketones is 1. The van der Waals surface area contributed by atoms with Gasteiger partial charge in [-0.1, -0.05) is 11.8 Å². The van der Waals surface area contributed by atoms with Crippen LogP contribution in [0.3, 0.4) is 0 Å². The topological polar surface area (TPSA) is 85.1 Å². The number of rotatable bonds is 6. The molecule has 3 rings (SSSR count). The minimum atomic E-state index is -0.195. The fourth-order valence-electron chi connectivity index (χ4n) is 2.09. The maximum atomic E-state index is 12.0. The molecule has 2 aromatic carbocycles. The van der Waals surface area contributed by atoms with E-state index in [1.807, 2.05) is 24.3 Å². The van der Waals surface area contributed by atoms with Gasteiger partial charge >= 0.3 is 0 Å². The van der Waals surface area contributed by atoms with Crippen LogP contribution in [-0.4, -0.2) is 27.6 Å². The van der Waals surface area contributed by atoms with Crippen LogP contribution >= 0.6 is 34.4 Å². The highest BCUT2D eigenvalue weighted by Gasteiger charge is 2.11. The standard InChI is InChI=1S/C18H14IN3O3S/c1-11(23)12-4-8-15(9-5-12)20-16(24)10-26-18-22-21-17(25-18)13-2-6-14(19)7-3-13/h2-9H,10H2,1H3,(H,20,24). The summed E-state index contributed by atoms with van der Waals surface area (Å²) in [4.78, 5) is 23.3. The van der Waals surface area contributed by atoms with Crippen molar-refractivity contribution in [1.29, 1.82) is 0 Å². The molecule has 0 aliphatic rings. The Bertz CT molecular complexity index is 924. The molecular formula is C18H14IN3O3S. The molecule has 0 aliphatic heterocycles. The maximum Gasteiger partial charge on any atom is 0.277 e. The molecule has 0 bridgehead atoms. The average Bonchev–Trinajstić information content (AvgIpc) is 3.10. The van der Waals surface area contributed by atoms with Gasteiger partial charge in [-0.15, -0.1) is 10.2 Å². The van der Waals surface area contributed by atoms with Crippen LogP contribution in [0.1, 0.15) is 17.3 Å². The monoisotopic (exact) mass is 479 g/mol. The van der Waals surface area contributed by atoms with E-state index in [1.54, 1.807) is 24.3 Å². The molecule has 3 aromatic rings. The number of amides is 1. The molecule has 1 aromatic heterocycles. The Kier molecular flexibility index (Phi) is 6.04. The number of carbonyl (C=O) groups excluding carboxylic acids is 2. The van der Waals surface area contributed by atoms with E-state index in [0.717, 1.165) is 9.13 Å². The van der Waals surface area contributed by atoms with Crippen molar-refractivity contribution in [2.45, 2.75) is 12.1 Å². The van der Waals surface area contributed by atoms with Gasteiger partial charge in [-0.2, -0.15) is 0 Å². The Labute approximate surface area is 167 Å². The van der Waals surface area contributed by atoms with Crippen molar-refractivity contribution in [2.24, 2.45) is 0 Å². The SMILES string of the molecule is CC(=O)c1ccc(NC(=O)CSc2nnc(-c3ccc(I)cc3)o2)cc1. The van der Waals surface area contributed by atoms with Crippen LogP contribution in [0.5, 0.6) is 0 Å². The number of carbonyl (C=O) groups is 2. The highest BCUT2D eigenvalue weighted by molar-refractivity contribution is 14.1. The molecule has 26 heavy (non-hydrogen) atoms. The van der Waals surface area contributed by atoms with E-state index < -0.39 is 0 Å². The van der Waals surface area contributed by atoms with Crippen molar-refractivity contribution in [3.8, 4) is 11.5 Å². The van der Waals surface area contributed by atoms with Crippen molar-refractivity contribution in [2.75, 3.05) is 11.1 Å².